The fourth-order valence-electron chi connectivity index (χ4n) is 1.47. The lowest BCUT2D eigenvalue weighted by atomic mass is 10.2. The van der Waals surface area contributed by atoms with Gasteiger partial charge >= 0.3 is 0 Å². The smallest absolute Gasteiger partial charge is 0.289 e. The van der Waals surface area contributed by atoms with Gasteiger partial charge in [0.1, 0.15) is 11.6 Å². The van der Waals surface area contributed by atoms with E-state index >= 15 is 0 Å². The zero-order chi connectivity index (χ0) is 14.3. The maximum atomic E-state index is 10.8. The summed E-state index contributed by atoms with van der Waals surface area (Å²) in [5.74, 6) is 0.482. The molecule has 0 aromatic heterocycles. The van der Waals surface area contributed by atoms with Gasteiger partial charge < -0.3 is 10.1 Å². The molecule has 0 unspecified atom stereocenters. The molecule has 0 aliphatic rings. The molecule has 0 saturated heterocycles. The molecule has 6 nitrogen and oxygen atoms in total. The standard InChI is InChI=1S/C13H17N3O3/c1-10(2)9-19-6-5-15-12-4-3-11(8-14)13(7-12)16(17)18/h3-4,7,10,15H,5-6,9H2,1-2H3. The molecule has 1 aromatic carbocycles. The average molecular weight is 263 g/mol. The second-order valence-corrected chi connectivity index (χ2v) is 4.50. The van der Waals surface area contributed by atoms with E-state index in [4.69, 9.17) is 10.00 Å². The first-order valence-electron chi connectivity index (χ1n) is 6.04. The van der Waals surface area contributed by atoms with Crippen molar-refractivity contribution in [2.24, 2.45) is 5.92 Å². The molecule has 0 atom stereocenters. The number of nitrogens with zero attached hydrogens (tertiary/aromatic N) is 2. The Bertz CT molecular complexity index is 481. The maximum Gasteiger partial charge on any atom is 0.289 e. The highest BCUT2D eigenvalue weighted by molar-refractivity contribution is 5.59. The molecule has 0 radical (unpaired) electrons. The third-order valence-corrected chi connectivity index (χ3v) is 2.34. The molecule has 1 N–H and O–H groups in total. The second-order valence-electron chi connectivity index (χ2n) is 4.50. The maximum absolute atomic E-state index is 10.8. The number of nitro benzene ring substituents is 1. The van der Waals surface area contributed by atoms with Crippen LogP contribution in [0.4, 0.5) is 11.4 Å². The molecule has 0 fully saturated rings. The number of ether oxygens (including phenoxy) is 1. The quantitative estimate of drug-likeness (QED) is 0.464. The van der Waals surface area contributed by atoms with Gasteiger partial charge in [0, 0.05) is 24.9 Å². The first-order valence-corrected chi connectivity index (χ1v) is 6.04. The van der Waals surface area contributed by atoms with Gasteiger partial charge in [-0.05, 0) is 18.1 Å². The average Bonchev–Trinajstić information content (AvgIpc) is 2.37. The number of hydrogen-bond donors (Lipinski definition) is 1. The van der Waals surface area contributed by atoms with E-state index in [1.807, 2.05) is 0 Å². The summed E-state index contributed by atoms with van der Waals surface area (Å²) in [5, 5.41) is 22.6. The van der Waals surface area contributed by atoms with Crippen molar-refractivity contribution < 1.29 is 9.66 Å². The van der Waals surface area contributed by atoms with E-state index < -0.39 is 4.92 Å². The van der Waals surface area contributed by atoms with Crippen LogP contribution in [0.25, 0.3) is 0 Å². The van der Waals surface area contributed by atoms with Gasteiger partial charge in [0.15, 0.2) is 0 Å². The Morgan fingerprint density at radius 3 is 2.84 bits per heavy atom. The number of rotatable bonds is 7. The van der Waals surface area contributed by atoms with Crippen molar-refractivity contribution in [3.05, 3.63) is 33.9 Å². The number of nitriles is 1. The lowest BCUT2D eigenvalue weighted by Crippen LogP contribution is -2.12. The van der Waals surface area contributed by atoms with Crippen LogP contribution in [-0.4, -0.2) is 24.7 Å². The number of anilines is 1. The van der Waals surface area contributed by atoms with Gasteiger partial charge in [-0.25, -0.2) is 0 Å². The third-order valence-electron chi connectivity index (χ3n) is 2.34. The van der Waals surface area contributed by atoms with Crippen LogP contribution >= 0.6 is 0 Å². The molecule has 1 aromatic rings. The van der Waals surface area contributed by atoms with E-state index in [1.54, 1.807) is 12.1 Å². The van der Waals surface area contributed by atoms with E-state index in [0.717, 1.165) is 0 Å². The van der Waals surface area contributed by atoms with Gasteiger partial charge in [0.25, 0.3) is 5.69 Å². The molecule has 0 heterocycles. The van der Waals surface area contributed by atoms with E-state index in [-0.39, 0.29) is 11.3 Å². The monoisotopic (exact) mass is 263 g/mol. The van der Waals surface area contributed by atoms with E-state index in [9.17, 15) is 10.1 Å². The van der Waals surface area contributed by atoms with Crippen molar-refractivity contribution in [1.29, 1.82) is 5.26 Å². The molecule has 0 amide bonds. The number of nitro groups is 1. The first-order chi connectivity index (χ1) is 9.04. The SMILES string of the molecule is CC(C)COCCNc1ccc(C#N)c([N+](=O)[O-])c1. The van der Waals surface area contributed by atoms with Gasteiger partial charge in [0.05, 0.1) is 11.5 Å². The van der Waals surface area contributed by atoms with Crippen molar-refractivity contribution in [3.8, 4) is 6.07 Å². The largest absolute Gasteiger partial charge is 0.383 e. The van der Waals surface area contributed by atoms with Crippen LogP contribution in [-0.2, 0) is 4.74 Å². The first kappa shape index (κ1) is 14.9. The van der Waals surface area contributed by atoms with Gasteiger partial charge in [-0.3, -0.25) is 10.1 Å². The van der Waals surface area contributed by atoms with E-state index in [0.29, 0.717) is 31.4 Å². The molecular formula is C13H17N3O3. The molecule has 6 heteroatoms. The van der Waals surface area contributed by atoms with Crippen molar-refractivity contribution >= 4 is 11.4 Å². The van der Waals surface area contributed by atoms with Crippen LogP contribution in [0.2, 0.25) is 0 Å². The summed E-state index contributed by atoms with van der Waals surface area (Å²) in [6.07, 6.45) is 0. The molecule has 1 rings (SSSR count). The Labute approximate surface area is 112 Å². The number of hydrogen-bond acceptors (Lipinski definition) is 5. The third kappa shape index (κ3) is 4.94. The Balaban J connectivity index is 2.54. The predicted octanol–water partition coefficient (Wildman–Crippen LogP) is 2.55. The molecule has 0 bridgehead atoms. The zero-order valence-electron chi connectivity index (χ0n) is 11.0. The van der Waals surface area contributed by atoms with Gasteiger partial charge in [-0.15, -0.1) is 0 Å². The van der Waals surface area contributed by atoms with Crippen LogP contribution < -0.4 is 5.32 Å². The highest BCUT2D eigenvalue weighted by atomic mass is 16.6. The molecule has 0 aliphatic carbocycles. The Morgan fingerprint density at radius 2 is 2.26 bits per heavy atom. The van der Waals surface area contributed by atoms with Crippen LogP contribution in [0.3, 0.4) is 0 Å². The summed E-state index contributed by atoms with van der Waals surface area (Å²) in [6, 6.07) is 6.25. The molecule has 0 spiro atoms. The van der Waals surface area contributed by atoms with Gasteiger partial charge in [-0.1, -0.05) is 13.8 Å². The highest BCUT2D eigenvalue weighted by Gasteiger charge is 2.13. The number of nitrogens with one attached hydrogen (secondary N) is 1. The fourth-order valence-corrected chi connectivity index (χ4v) is 1.47. The molecule has 102 valence electrons. The van der Waals surface area contributed by atoms with E-state index in [2.05, 4.69) is 19.2 Å². The van der Waals surface area contributed by atoms with Crippen LogP contribution in [0, 0.1) is 27.4 Å². The summed E-state index contributed by atoms with van der Waals surface area (Å²) < 4.78 is 5.39. The molecular weight excluding hydrogens is 246 g/mol. The van der Waals surface area contributed by atoms with Crippen molar-refractivity contribution in [1.82, 2.24) is 0 Å². The summed E-state index contributed by atoms with van der Waals surface area (Å²) in [7, 11) is 0. The van der Waals surface area contributed by atoms with Gasteiger partial charge in [0.2, 0.25) is 0 Å². The Hall–Kier alpha value is -2.13. The lowest BCUT2D eigenvalue weighted by Gasteiger charge is -2.09. The Kier molecular flexibility index (Phi) is 5.76. The molecule has 0 saturated carbocycles. The van der Waals surface area contributed by atoms with Crippen LogP contribution in [0.5, 0.6) is 0 Å². The normalized spacial score (nSPS) is 10.2. The Morgan fingerprint density at radius 1 is 1.53 bits per heavy atom. The van der Waals surface area contributed by atoms with E-state index in [1.165, 1.54) is 12.1 Å². The molecule has 0 aliphatic heterocycles. The predicted molar refractivity (Wildman–Crippen MR) is 72.0 cm³/mol. The fraction of sp³-hybridized carbons (Fsp3) is 0.462. The lowest BCUT2D eigenvalue weighted by molar-refractivity contribution is -0.385. The minimum atomic E-state index is -0.557. The summed E-state index contributed by atoms with van der Waals surface area (Å²) >= 11 is 0. The summed E-state index contributed by atoms with van der Waals surface area (Å²) in [4.78, 5) is 10.2. The molecule has 19 heavy (non-hydrogen) atoms. The van der Waals surface area contributed by atoms with Crippen molar-refractivity contribution in [2.75, 3.05) is 25.1 Å². The van der Waals surface area contributed by atoms with Crippen molar-refractivity contribution in [3.63, 3.8) is 0 Å². The number of benzene rings is 1. The van der Waals surface area contributed by atoms with Crippen molar-refractivity contribution in [2.45, 2.75) is 13.8 Å². The summed E-state index contributed by atoms with van der Waals surface area (Å²) in [6.45, 7) is 5.92. The minimum absolute atomic E-state index is 0.0617. The minimum Gasteiger partial charge on any atom is -0.383 e. The highest BCUT2D eigenvalue weighted by Crippen LogP contribution is 2.22. The van der Waals surface area contributed by atoms with Crippen LogP contribution in [0.1, 0.15) is 19.4 Å². The van der Waals surface area contributed by atoms with Crippen LogP contribution in [0.15, 0.2) is 18.2 Å². The second kappa shape index (κ2) is 7.34. The summed E-state index contributed by atoms with van der Waals surface area (Å²) in [5.41, 5.74) is 0.487. The zero-order valence-corrected chi connectivity index (χ0v) is 11.0. The topological polar surface area (TPSA) is 88.2 Å². The van der Waals surface area contributed by atoms with Gasteiger partial charge in [-0.2, -0.15) is 5.26 Å².